The van der Waals surface area contributed by atoms with Crippen molar-refractivity contribution in [2.45, 2.75) is 31.6 Å². The van der Waals surface area contributed by atoms with E-state index in [2.05, 4.69) is 16.0 Å². The fourth-order valence-electron chi connectivity index (χ4n) is 5.51. The average Bonchev–Trinajstić information content (AvgIpc) is 2.97. The van der Waals surface area contributed by atoms with Gasteiger partial charge >= 0.3 is 0 Å². The van der Waals surface area contributed by atoms with Crippen molar-refractivity contribution in [3.8, 4) is 6.07 Å². The minimum Gasteiger partial charge on any atom is -0.385 e. The van der Waals surface area contributed by atoms with Crippen molar-refractivity contribution < 1.29 is 14.4 Å². The standard InChI is InChI=1S/C30H41N9O3/c1-6-14-39(15-12-31)26(40)19-34-13-11-30(29(32)35-36-33)24-9-7-20(27(41)37(2)3)16-22(24)18-23-17-21(8-10-25(23)30)28(42)38(4)5/h7-10,16-17,34,36H,6,11,13-15,18-19,33H2,1-5H3,(H2,32,35). The molecular weight excluding hydrogens is 534 g/mol. The van der Waals surface area contributed by atoms with Crippen molar-refractivity contribution in [2.24, 2.45) is 16.7 Å². The molecule has 0 saturated carbocycles. The molecule has 224 valence electrons. The maximum Gasteiger partial charge on any atom is 0.253 e. The maximum atomic E-state index is 12.8. The number of hydrazine groups is 1. The first-order chi connectivity index (χ1) is 20.0. The van der Waals surface area contributed by atoms with Gasteiger partial charge in [0.05, 0.1) is 18.0 Å². The number of benzene rings is 2. The van der Waals surface area contributed by atoms with Gasteiger partial charge in [-0.05, 0) is 72.3 Å². The van der Waals surface area contributed by atoms with Crippen molar-refractivity contribution in [3.63, 3.8) is 0 Å². The Morgan fingerprint density at radius 3 is 2.00 bits per heavy atom. The number of hydrogen-bond acceptors (Lipinski definition) is 8. The SMILES string of the molecule is CCCN(CC#N)C(=O)CNCCC1(/C(N)=N/NN)c2ccc(C(=O)N(C)C)cc2Cc2cc(C(=O)N(C)C)ccc21. The lowest BCUT2D eigenvalue weighted by atomic mass is 9.63. The highest BCUT2D eigenvalue weighted by molar-refractivity contribution is 5.99. The third kappa shape index (κ3) is 6.53. The third-order valence-electron chi connectivity index (χ3n) is 7.50. The first kappa shape index (κ1) is 32.0. The molecule has 0 aliphatic heterocycles. The molecule has 3 rings (SSSR count). The predicted octanol–water partition coefficient (Wildman–Crippen LogP) is 0.758. The molecular formula is C30H41N9O3. The fourth-order valence-corrected chi connectivity index (χ4v) is 5.51. The molecule has 0 heterocycles. The molecule has 0 bridgehead atoms. The van der Waals surface area contributed by atoms with Gasteiger partial charge in [0, 0.05) is 45.9 Å². The number of nitrogens with zero attached hydrogens (tertiary/aromatic N) is 5. The van der Waals surface area contributed by atoms with Crippen LogP contribution in [-0.4, -0.2) is 92.6 Å². The summed E-state index contributed by atoms with van der Waals surface area (Å²) in [6, 6.07) is 13.1. The Morgan fingerprint density at radius 2 is 1.55 bits per heavy atom. The quantitative estimate of drug-likeness (QED) is 0.0717. The van der Waals surface area contributed by atoms with Crippen LogP contribution in [0.25, 0.3) is 0 Å². The van der Waals surface area contributed by atoms with Gasteiger partial charge < -0.3 is 25.8 Å². The second kappa shape index (κ2) is 13.9. The van der Waals surface area contributed by atoms with E-state index in [9.17, 15) is 14.4 Å². The van der Waals surface area contributed by atoms with Crippen molar-refractivity contribution in [3.05, 3.63) is 69.8 Å². The van der Waals surface area contributed by atoms with Crippen LogP contribution in [0.3, 0.4) is 0 Å². The van der Waals surface area contributed by atoms with Crippen LogP contribution in [-0.2, 0) is 16.6 Å². The zero-order chi connectivity index (χ0) is 31.0. The second-order valence-electron chi connectivity index (χ2n) is 10.8. The molecule has 0 radical (unpaired) electrons. The lowest BCUT2D eigenvalue weighted by molar-refractivity contribution is -0.129. The molecule has 0 saturated heterocycles. The van der Waals surface area contributed by atoms with Gasteiger partial charge in [-0.15, -0.1) is 0 Å². The average molecular weight is 576 g/mol. The molecule has 0 aromatic heterocycles. The van der Waals surface area contributed by atoms with Gasteiger partial charge in [0.25, 0.3) is 11.8 Å². The number of amides is 3. The summed E-state index contributed by atoms with van der Waals surface area (Å²) in [5.41, 5.74) is 12.6. The normalized spacial score (nSPS) is 13.3. The monoisotopic (exact) mass is 575 g/mol. The van der Waals surface area contributed by atoms with Gasteiger partial charge in [-0.2, -0.15) is 10.4 Å². The highest BCUT2D eigenvalue weighted by atomic mass is 16.2. The van der Waals surface area contributed by atoms with Gasteiger partial charge in [-0.1, -0.05) is 19.1 Å². The molecule has 1 aliphatic carbocycles. The Morgan fingerprint density at radius 1 is 1.00 bits per heavy atom. The summed E-state index contributed by atoms with van der Waals surface area (Å²) in [6.07, 6.45) is 1.62. The van der Waals surface area contributed by atoms with Gasteiger partial charge in [0.2, 0.25) is 5.91 Å². The number of rotatable bonds is 12. The van der Waals surface area contributed by atoms with E-state index in [0.29, 0.717) is 37.1 Å². The number of nitrogens with one attached hydrogen (secondary N) is 2. The summed E-state index contributed by atoms with van der Waals surface area (Å²) >= 11 is 0. The number of carbonyl (C=O) groups excluding carboxylic acids is 3. The summed E-state index contributed by atoms with van der Waals surface area (Å²) in [5.74, 6) is 5.37. The van der Waals surface area contributed by atoms with Crippen LogP contribution in [0.2, 0.25) is 0 Å². The number of fused-ring (bicyclic) bond motifs is 2. The third-order valence-corrected chi connectivity index (χ3v) is 7.50. The van der Waals surface area contributed by atoms with E-state index in [-0.39, 0.29) is 36.6 Å². The Bertz CT molecular complexity index is 1330. The molecule has 12 nitrogen and oxygen atoms in total. The number of hydrogen-bond donors (Lipinski definition) is 4. The number of amidine groups is 1. The molecule has 0 fully saturated rings. The summed E-state index contributed by atoms with van der Waals surface area (Å²) in [4.78, 5) is 43.0. The van der Waals surface area contributed by atoms with E-state index in [1.165, 1.54) is 14.7 Å². The summed E-state index contributed by atoms with van der Waals surface area (Å²) < 4.78 is 0. The molecule has 42 heavy (non-hydrogen) atoms. The second-order valence-corrected chi connectivity index (χ2v) is 10.8. The van der Waals surface area contributed by atoms with Gasteiger partial charge in [0.15, 0.2) is 0 Å². The molecule has 0 unspecified atom stereocenters. The van der Waals surface area contributed by atoms with E-state index >= 15 is 0 Å². The van der Waals surface area contributed by atoms with Crippen LogP contribution in [0.4, 0.5) is 0 Å². The fraction of sp³-hybridized carbons (Fsp3) is 0.433. The van der Waals surface area contributed by atoms with Crippen LogP contribution in [0.1, 0.15) is 62.7 Å². The summed E-state index contributed by atoms with van der Waals surface area (Å²) in [5, 5.41) is 16.5. The van der Waals surface area contributed by atoms with Crippen LogP contribution in [0.15, 0.2) is 41.5 Å². The summed E-state index contributed by atoms with van der Waals surface area (Å²) in [6.45, 7) is 2.91. The van der Waals surface area contributed by atoms with Gasteiger partial charge in [-0.3, -0.25) is 14.4 Å². The van der Waals surface area contributed by atoms with Crippen LogP contribution in [0.5, 0.6) is 0 Å². The predicted molar refractivity (Wildman–Crippen MR) is 161 cm³/mol. The Hall–Kier alpha value is -4.47. The lowest BCUT2D eigenvalue weighted by Gasteiger charge is -2.41. The minimum absolute atomic E-state index is 0.0306. The van der Waals surface area contributed by atoms with E-state index < -0.39 is 5.41 Å². The number of nitriles is 1. The maximum absolute atomic E-state index is 12.8. The lowest BCUT2D eigenvalue weighted by Crippen LogP contribution is -2.49. The first-order valence-corrected chi connectivity index (χ1v) is 13.9. The first-order valence-electron chi connectivity index (χ1n) is 13.9. The Kier molecular flexibility index (Phi) is 10.6. The van der Waals surface area contributed by atoms with Crippen LogP contribution in [0, 0.1) is 11.3 Å². The van der Waals surface area contributed by atoms with Crippen LogP contribution < -0.4 is 22.4 Å². The van der Waals surface area contributed by atoms with E-state index in [4.69, 9.17) is 16.8 Å². The number of carbonyl (C=O) groups is 3. The zero-order valence-electron chi connectivity index (χ0n) is 25.0. The van der Waals surface area contributed by atoms with E-state index in [1.807, 2.05) is 37.3 Å². The Labute approximate surface area is 247 Å². The highest BCUT2D eigenvalue weighted by Crippen LogP contribution is 2.45. The largest absolute Gasteiger partial charge is 0.385 e. The molecule has 2 aromatic rings. The zero-order valence-corrected chi connectivity index (χ0v) is 25.0. The molecule has 2 aromatic carbocycles. The number of nitrogens with two attached hydrogens (primary N) is 2. The van der Waals surface area contributed by atoms with E-state index in [1.54, 1.807) is 40.3 Å². The molecule has 0 spiro atoms. The smallest absolute Gasteiger partial charge is 0.253 e. The molecule has 0 atom stereocenters. The molecule has 3 amide bonds. The topological polar surface area (TPSA) is 173 Å². The minimum atomic E-state index is -0.986. The molecule has 1 aliphatic rings. The van der Waals surface area contributed by atoms with Crippen molar-refractivity contribution in [2.75, 3.05) is 54.4 Å². The van der Waals surface area contributed by atoms with Crippen molar-refractivity contribution >= 4 is 23.6 Å². The Balaban J connectivity index is 2.11. The van der Waals surface area contributed by atoms with Crippen molar-refractivity contribution in [1.82, 2.24) is 25.6 Å². The highest BCUT2D eigenvalue weighted by Gasteiger charge is 2.44. The van der Waals surface area contributed by atoms with Crippen molar-refractivity contribution in [1.29, 1.82) is 5.26 Å². The molecule has 12 heteroatoms. The van der Waals surface area contributed by atoms with Crippen LogP contribution >= 0.6 is 0 Å². The van der Waals surface area contributed by atoms with Gasteiger partial charge in [0.1, 0.15) is 12.4 Å². The molecule has 6 N–H and O–H groups in total. The van der Waals surface area contributed by atoms with Gasteiger partial charge in [-0.25, -0.2) is 11.4 Å². The van der Waals surface area contributed by atoms with E-state index in [0.717, 1.165) is 28.7 Å². The summed E-state index contributed by atoms with van der Waals surface area (Å²) in [7, 11) is 6.79. The number of hydrazone groups is 1.